The van der Waals surface area contributed by atoms with E-state index in [-0.39, 0.29) is 0 Å². The van der Waals surface area contributed by atoms with Crippen LogP contribution in [0.3, 0.4) is 0 Å². The summed E-state index contributed by atoms with van der Waals surface area (Å²) in [5.41, 5.74) is 2.36. The summed E-state index contributed by atoms with van der Waals surface area (Å²) in [7, 11) is 0. The van der Waals surface area contributed by atoms with Crippen molar-refractivity contribution in [3.63, 3.8) is 0 Å². The molecular formula is C10H15N. The summed E-state index contributed by atoms with van der Waals surface area (Å²) in [6, 6.07) is 2.11. The van der Waals surface area contributed by atoms with Crippen LogP contribution in [-0.4, -0.2) is 0 Å². The van der Waals surface area contributed by atoms with Gasteiger partial charge in [-0.3, -0.25) is 0 Å². The number of hydrogen-bond donors (Lipinski definition) is 0. The molecule has 0 saturated carbocycles. The topological polar surface area (TPSA) is 23.8 Å². The van der Waals surface area contributed by atoms with Gasteiger partial charge in [0.05, 0.1) is 12.5 Å². The van der Waals surface area contributed by atoms with E-state index in [4.69, 9.17) is 5.26 Å². The first kappa shape index (κ1) is 9.97. The highest BCUT2D eigenvalue weighted by atomic mass is 14.2. The maximum atomic E-state index is 8.34. The average molecular weight is 149 g/mol. The van der Waals surface area contributed by atoms with Gasteiger partial charge in [-0.2, -0.15) is 5.26 Å². The quantitative estimate of drug-likeness (QED) is 0.563. The predicted octanol–water partition coefficient (Wildman–Crippen LogP) is 3.20. The Balaban J connectivity index is 3.58. The molecule has 0 aliphatic rings. The van der Waals surface area contributed by atoms with E-state index in [2.05, 4.69) is 18.7 Å². The van der Waals surface area contributed by atoms with Gasteiger partial charge in [0.2, 0.25) is 0 Å². The van der Waals surface area contributed by atoms with E-state index in [1.807, 2.05) is 13.8 Å². The van der Waals surface area contributed by atoms with Gasteiger partial charge < -0.3 is 0 Å². The number of rotatable bonds is 4. The van der Waals surface area contributed by atoms with Crippen LogP contribution in [0.1, 0.15) is 33.1 Å². The molecule has 0 saturated heterocycles. The van der Waals surface area contributed by atoms with Crippen molar-refractivity contribution >= 4 is 0 Å². The fourth-order valence-corrected chi connectivity index (χ4v) is 0.762. The van der Waals surface area contributed by atoms with E-state index in [1.54, 1.807) is 0 Å². The Hall–Kier alpha value is -1.03. The van der Waals surface area contributed by atoms with Gasteiger partial charge in [0, 0.05) is 0 Å². The van der Waals surface area contributed by atoms with Crippen molar-refractivity contribution in [2.75, 3.05) is 0 Å². The van der Waals surface area contributed by atoms with Gasteiger partial charge in [0.15, 0.2) is 0 Å². The minimum Gasteiger partial charge on any atom is -0.198 e. The maximum Gasteiger partial charge on any atom is 0.0666 e. The van der Waals surface area contributed by atoms with Crippen LogP contribution < -0.4 is 0 Å². The molecule has 1 nitrogen and oxygen atoms in total. The summed E-state index contributed by atoms with van der Waals surface area (Å²) in [4.78, 5) is 0. The fraction of sp³-hybridized carbons (Fsp3) is 0.500. The molecule has 0 fully saturated rings. The lowest BCUT2D eigenvalue weighted by atomic mass is 10.1. The van der Waals surface area contributed by atoms with Crippen molar-refractivity contribution < 1.29 is 0 Å². The molecule has 0 unspecified atom stereocenters. The smallest absolute Gasteiger partial charge is 0.0666 e. The number of nitrogens with zero attached hydrogens (tertiary/aromatic N) is 1. The van der Waals surface area contributed by atoms with Gasteiger partial charge in [-0.05, 0) is 26.7 Å². The molecule has 0 aliphatic heterocycles. The molecule has 0 spiro atoms. The highest BCUT2D eigenvalue weighted by Gasteiger charge is 1.87. The predicted molar refractivity (Wildman–Crippen MR) is 48.0 cm³/mol. The third-order valence-corrected chi connectivity index (χ3v) is 1.42. The Kier molecular flexibility index (Phi) is 5.20. The Labute approximate surface area is 69.0 Å². The second-order valence-corrected chi connectivity index (χ2v) is 2.88. The fourth-order valence-electron chi connectivity index (χ4n) is 0.762. The first-order chi connectivity index (χ1) is 5.16. The summed E-state index contributed by atoms with van der Waals surface area (Å²) in [5, 5.41) is 8.34. The molecule has 0 amide bonds. The molecule has 0 rings (SSSR count). The molecule has 0 aromatic carbocycles. The Bertz CT molecular complexity index is 193. The highest BCUT2D eigenvalue weighted by Crippen LogP contribution is 2.05. The second-order valence-electron chi connectivity index (χ2n) is 2.88. The van der Waals surface area contributed by atoms with Gasteiger partial charge in [0.25, 0.3) is 0 Å². The molecule has 0 aliphatic carbocycles. The first-order valence-electron chi connectivity index (χ1n) is 3.83. The summed E-state index contributed by atoms with van der Waals surface area (Å²) in [5.74, 6) is 0. The van der Waals surface area contributed by atoms with E-state index < -0.39 is 0 Å². The van der Waals surface area contributed by atoms with Crippen molar-refractivity contribution in [2.45, 2.75) is 33.1 Å². The largest absolute Gasteiger partial charge is 0.198 e. The molecule has 0 aromatic heterocycles. The lowest BCUT2D eigenvalue weighted by molar-refractivity contribution is 0.966. The first-order valence-corrected chi connectivity index (χ1v) is 3.83. The average Bonchev–Trinajstić information content (AvgIpc) is 1.87. The third-order valence-electron chi connectivity index (χ3n) is 1.42. The summed E-state index contributed by atoms with van der Waals surface area (Å²) in [6.45, 7) is 7.81. The zero-order chi connectivity index (χ0) is 8.69. The lowest BCUT2D eigenvalue weighted by Gasteiger charge is -1.95. The Morgan fingerprint density at radius 3 is 2.64 bits per heavy atom. The van der Waals surface area contributed by atoms with Crippen LogP contribution >= 0.6 is 0 Å². The van der Waals surface area contributed by atoms with Crippen LogP contribution in [0.25, 0.3) is 0 Å². The SMILES string of the molecule is C=C(C)CCC=C(C)CC#N. The summed E-state index contributed by atoms with van der Waals surface area (Å²) in [6.07, 6.45) is 4.71. The van der Waals surface area contributed by atoms with Crippen LogP contribution in [0.2, 0.25) is 0 Å². The van der Waals surface area contributed by atoms with Crippen molar-refractivity contribution in [1.82, 2.24) is 0 Å². The van der Waals surface area contributed by atoms with Crippen LogP contribution in [0, 0.1) is 11.3 Å². The van der Waals surface area contributed by atoms with Crippen LogP contribution in [-0.2, 0) is 0 Å². The Morgan fingerprint density at radius 1 is 1.55 bits per heavy atom. The van der Waals surface area contributed by atoms with Crippen LogP contribution in [0.4, 0.5) is 0 Å². The number of hydrogen-bond acceptors (Lipinski definition) is 1. The van der Waals surface area contributed by atoms with Gasteiger partial charge in [0.1, 0.15) is 0 Å². The molecule has 0 N–H and O–H groups in total. The van der Waals surface area contributed by atoms with Crippen LogP contribution in [0.5, 0.6) is 0 Å². The van der Waals surface area contributed by atoms with Gasteiger partial charge >= 0.3 is 0 Å². The molecule has 60 valence electrons. The van der Waals surface area contributed by atoms with Gasteiger partial charge in [-0.15, -0.1) is 6.58 Å². The zero-order valence-corrected chi connectivity index (χ0v) is 7.35. The molecule has 1 heteroatoms. The maximum absolute atomic E-state index is 8.34. The monoisotopic (exact) mass is 149 g/mol. The molecule has 0 heterocycles. The minimum atomic E-state index is 0.552. The normalized spacial score (nSPS) is 10.8. The number of nitriles is 1. The van der Waals surface area contributed by atoms with Gasteiger partial charge in [-0.25, -0.2) is 0 Å². The standard InChI is InChI=1S/C10H15N/c1-9(2)5-4-6-10(3)7-8-11/h6H,1,4-5,7H2,2-3H3. The molecule has 0 atom stereocenters. The van der Waals surface area contributed by atoms with Gasteiger partial charge in [-0.1, -0.05) is 17.2 Å². The van der Waals surface area contributed by atoms with E-state index in [0.717, 1.165) is 18.4 Å². The molecule has 0 bridgehead atoms. The lowest BCUT2D eigenvalue weighted by Crippen LogP contribution is -1.76. The molecule has 0 aromatic rings. The Morgan fingerprint density at radius 2 is 2.18 bits per heavy atom. The van der Waals surface area contributed by atoms with E-state index in [1.165, 1.54) is 5.57 Å². The third kappa shape index (κ3) is 6.86. The minimum absolute atomic E-state index is 0.552. The van der Waals surface area contributed by atoms with E-state index in [0.29, 0.717) is 6.42 Å². The van der Waals surface area contributed by atoms with Crippen LogP contribution in [0.15, 0.2) is 23.8 Å². The molecular weight excluding hydrogens is 134 g/mol. The zero-order valence-electron chi connectivity index (χ0n) is 7.35. The van der Waals surface area contributed by atoms with E-state index in [9.17, 15) is 0 Å². The summed E-state index contributed by atoms with van der Waals surface area (Å²) >= 11 is 0. The summed E-state index contributed by atoms with van der Waals surface area (Å²) < 4.78 is 0. The van der Waals surface area contributed by atoms with Crippen molar-refractivity contribution in [1.29, 1.82) is 5.26 Å². The van der Waals surface area contributed by atoms with Crippen molar-refractivity contribution in [3.05, 3.63) is 23.8 Å². The van der Waals surface area contributed by atoms with E-state index >= 15 is 0 Å². The second kappa shape index (κ2) is 5.73. The van der Waals surface area contributed by atoms with Crippen molar-refractivity contribution in [2.24, 2.45) is 0 Å². The number of allylic oxidation sites excluding steroid dienone is 3. The molecule has 11 heavy (non-hydrogen) atoms. The highest BCUT2D eigenvalue weighted by molar-refractivity contribution is 5.05. The van der Waals surface area contributed by atoms with Crippen molar-refractivity contribution in [3.8, 4) is 6.07 Å². The molecule has 0 radical (unpaired) electrons.